The highest BCUT2D eigenvalue weighted by molar-refractivity contribution is 6.00. The lowest BCUT2D eigenvalue weighted by Crippen LogP contribution is -2.54. The van der Waals surface area contributed by atoms with E-state index in [1.165, 1.54) is 7.11 Å². The van der Waals surface area contributed by atoms with Crippen LogP contribution < -0.4 is 30.5 Å². The molecule has 58 heavy (non-hydrogen) atoms. The number of anilines is 6. The lowest BCUT2D eigenvalue weighted by molar-refractivity contribution is -0.138. The fraction of sp³-hybridized carbons (Fsp3) is 0.350. The van der Waals surface area contributed by atoms with Gasteiger partial charge in [0.15, 0.2) is 0 Å². The molecule has 0 radical (unpaired) electrons. The molecule has 0 spiro atoms. The Balaban J connectivity index is 0.830. The fourth-order valence-electron chi connectivity index (χ4n) is 7.57. The lowest BCUT2D eigenvalue weighted by atomic mass is 10.1. The number of amides is 3. The van der Waals surface area contributed by atoms with Gasteiger partial charge in [0, 0.05) is 93.5 Å². The van der Waals surface area contributed by atoms with Crippen molar-refractivity contribution in [3.05, 3.63) is 84.7 Å². The number of hydrogen-bond acceptors (Lipinski definition) is 12. The summed E-state index contributed by atoms with van der Waals surface area (Å²) < 4.78 is 48.7. The van der Waals surface area contributed by atoms with E-state index < -0.39 is 17.8 Å². The van der Waals surface area contributed by atoms with Crippen LogP contribution in [0.5, 0.6) is 5.75 Å². The van der Waals surface area contributed by atoms with Crippen LogP contribution in [0.2, 0.25) is 0 Å². The summed E-state index contributed by atoms with van der Waals surface area (Å²) in [4.78, 5) is 54.0. The van der Waals surface area contributed by atoms with Crippen LogP contribution in [-0.2, 0) is 20.6 Å². The molecule has 3 aliphatic rings. The molecule has 5 aromatic rings. The zero-order chi connectivity index (χ0) is 40.4. The molecule has 0 aliphatic carbocycles. The summed E-state index contributed by atoms with van der Waals surface area (Å²) in [5, 5.41) is 13.5. The Morgan fingerprint density at radius 1 is 0.879 bits per heavy atom. The van der Waals surface area contributed by atoms with Crippen molar-refractivity contribution >= 4 is 63.1 Å². The van der Waals surface area contributed by atoms with Gasteiger partial charge in [0.2, 0.25) is 17.8 Å². The topological polar surface area (TPSA) is 153 Å². The van der Waals surface area contributed by atoms with Crippen LogP contribution in [-0.4, -0.2) is 113 Å². The fourth-order valence-corrected chi connectivity index (χ4v) is 7.57. The van der Waals surface area contributed by atoms with Crippen LogP contribution in [0.3, 0.4) is 0 Å². The number of nitrogens with one attached hydrogen (secondary N) is 3. The zero-order valence-corrected chi connectivity index (χ0v) is 31.7. The van der Waals surface area contributed by atoms with Crippen molar-refractivity contribution in [2.45, 2.75) is 25.1 Å². The van der Waals surface area contributed by atoms with E-state index >= 15 is 0 Å². The number of imide groups is 1. The largest absolute Gasteiger partial charge is 0.494 e. The minimum absolute atomic E-state index is 0.0377. The van der Waals surface area contributed by atoms with Crippen molar-refractivity contribution in [2.75, 3.05) is 86.4 Å². The number of para-hydroxylation sites is 1. The quantitative estimate of drug-likeness (QED) is 0.167. The third-order valence-corrected chi connectivity index (χ3v) is 10.7. The van der Waals surface area contributed by atoms with Crippen molar-refractivity contribution in [1.82, 2.24) is 34.9 Å². The Morgan fingerprint density at radius 3 is 2.29 bits per heavy atom. The van der Waals surface area contributed by atoms with Crippen molar-refractivity contribution in [3.8, 4) is 5.75 Å². The highest BCUT2D eigenvalue weighted by Crippen LogP contribution is 2.37. The second-order valence-corrected chi connectivity index (χ2v) is 14.4. The summed E-state index contributed by atoms with van der Waals surface area (Å²) in [5.74, 6) is -0.459. The Bertz CT molecular complexity index is 2310. The SMILES string of the molecule is COc1cc(N2CCN(C(=O)CN3CCN(c4ccc5c(cnn5C5CCC(=O)NC5=O)c4)CC3)CC2)ccc1Nc1ncc(C(F)(F)F)c(Nc2ccccc2)n1. The van der Waals surface area contributed by atoms with Gasteiger partial charge < -0.3 is 30.1 Å². The lowest BCUT2D eigenvalue weighted by Gasteiger charge is -2.39. The Morgan fingerprint density at radius 2 is 1.59 bits per heavy atom. The predicted molar refractivity (Wildman–Crippen MR) is 212 cm³/mol. The van der Waals surface area contributed by atoms with Gasteiger partial charge in [0.25, 0.3) is 5.91 Å². The van der Waals surface area contributed by atoms with Crippen LogP contribution in [0, 0.1) is 0 Å². The molecule has 2 aromatic heterocycles. The van der Waals surface area contributed by atoms with Gasteiger partial charge in [-0.05, 0) is 48.9 Å². The minimum atomic E-state index is -4.66. The number of halogens is 3. The van der Waals surface area contributed by atoms with Gasteiger partial charge in [-0.2, -0.15) is 23.3 Å². The number of piperazine rings is 2. The third kappa shape index (κ3) is 8.32. The van der Waals surface area contributed by atoms with Crippen LogP contribution >= 0.6 is 0 Å². The highest BCUT2D eigenvalue weighted by atomic mass is 19.4. The van der Waals surface area contributed by atoms with Crippen molar-refractivity contribution in [1.29, 1.82) is 0 Å². The van der Waals surface area contributed by atoms with Crippen LogP contribution in [0.25, 0.3) is 10.9 Å². The standard InChI is InChI=1S/C40H42F3N11O4/c1-58-34-22-29(7-9-31(34)47-39-44-24-30(40(41,42)43)37(49-39)46-27-5-3-2-4-6-27)52-17-19-53(20-18-52)36(56)25-50-13-15-51(16-14-50)28-8-10-32-26(21-28)23-45-54(32)33-11-12-35(55)48-38(33)57/h2-10,21-24,33H,11-20,25H2,1H3,(H,48,55,57)(H2,44,46,47,49). The Labute approximate surface area is 331 Å². The number of ether oxygens (including phenoxy) is 1. The summed E-state index contributed by atoms with van der Waals surface area (Å²) in [7, 11) is 1.51. The molecule has 3 aromatic carbocycles. The number of methoxy groups -OCH3 is 1. The second kappa shape index (κ2) is 16.2. The molecule has 3 N–H and O–H groups in total. The van der Waals surface area contributed by atoms with E-state index in [2.05, 4.69) is 51.8 Å². The number of alkyl halides is 3. The normalized spacial score (nSPS) is 18.0. The first-order valence-electron chi connectivity index (χ1n) is 19.0. The molecule has 3 amide bonds. The summed E-state index contributed by atoms with van der Waals surface area (Å²) in [5.41, 5.74) is 2.71. The zero-order valence-electron chi connectivity index (χ0n) is 31.7. The maximum Gasteiger partial charge on any atom is 0.421 e. The van der Waals surface area contributed by atoms with Gasteiger partial charge in [-0.1, -0.05) is 18.2 Å². The van der Waals surface area contributed by atoms with E-state index in [4.69, 9.17) is 4.74 Å². The van der Waals surface area contributed by atoms with Gasteiger partial charge in [-0.25, -0.2) is 4.98 Å². The highest BCUT2D eigenvalue weighted by Gasteiger charge is 2.36. The third-order valence-electron chi connectivity index (χ3n) is 10.7. The van der Waals surface area contributed by atoms with Gasteiger partial charge in [-0.15, -0.1) is 0 Å². The molecule has 0 saturated carbocycles. The summed E-state index contributed by atoms with van der Waals surface area (Å²) in [6, 6.07) is 19.5. The molecule has 3 fully saturated rings. The van der Waals surface area contributed by atoms with Gasteiger partial charge >= 0.3 is 6.18 Å². The molecule has 0 bridgehead atoms. The molecule has 3 aliphatic heterocycles. The number of hydrogen-bond donors (Lipinski definition) is 3. The predicted octanol–water partition coefficient (Wildman–Crippen LogP) is 4.79. The molecule has 1 atom stereocenters. The van der Waals surface area contributed by atoms with Gasteiger partial charge in [-0.3, -0.25) is 29.3 Å². The van der Waals surface area contributed by atoms with E-state index in [9.17, 15) is 27.6 Å². The van der Waals surface area contributed by atoms with Gasteiger partial charge in [0.05, 0.1) is 31.1 Å². The van der Waals surface area contributed by atoms with Crippen molar-refractivity contribution in [3.63, 3.8) is 0 Å². The summed E-state index contributed by atoms with van der Waals surface area (Å²) >= 11 is 0. The van der Waals surface area contributed by atoms with E-state index in [1.54, 1.807) is 47.3 Å². The first-order valence-corrected chi connectivity index (χ1v) is 19.0. The molecule has 302 valence electrons. The first-order chi connectivity index (χ1) is 28.0. The summed E-state index contributed by atoms with van der Waals surface area (Å²) in [6.45, 7) is 5.70. The molecule has 1 unspecified atom stereocenters. The molecule has 15 nitrogen and oxygen atoms in total. The monoisotopic (exact) mass is 797 g/mol. The molecule has 5 heterocycles. The molecular weight excluding hydrogens is 756 g/mol. The average Bonchev–Trinajstić information content (AvgIpc) is 3.64. The Kier molecular flexibility index (Phi) is 10.7. The number of piperidine rings is 1. The number of nitrogens with zero attached hydrogens (tertiary/aromatic N) is 8. The van der Waals surface area contributed by atoms with Crippen molar-refractivity contribution in [2.24, 2.45) is 0 Å². The number of benzene rings is 3. The Hall–Kier alpha value is -6.43. The number of carbonyl (C=O) groups is 3. The smallest absolute Gasteiger partial charge is 0.421 e. The minimum Gasteiger partial charge on any atom is -0.494 e. The number of aromatic nitrogens is 4. The van der Waals surface area contributed by atoms with E-state index in [-0.39, 0.29) is 35.9 Å². The maximum atomic E-state index is 13.8. The average molecular weight is 798 g/mol. The molecule has 8 rings (SSSR count). The van der Waals surface area contributed by atoms with E-state index in [1.807, 2.05) is 29.2 Å². The van der Waals surface area contributed by atoms with Crippen molar-refractivity contribution < 1.29 is 32.3 Å². The van der Waals surface area contributed by atoms with Crippen LogP contribution in [0.1, 0.15) is 24.4 Å². The number of carbonyl (C=O) groups excluding carboxylic acids is 3. The van der Waals surface area contributed by atoms with Crippen LogP contribution in [0.4, 0.5) is 47.7 Å². The molecule has 3 saturated heterocycles. The number of fused-ring (bicyclic) bond motifs is 1. The maximum absolute atomic E-state index is 13.8. The first kappa shape index (κ1) is 38.4. The molecular formula is C40H42F3N11O4. The molecule has 18 heteroatoms. The summed E-state index contributed by atoms with van der Waals surface area (Å²) in [6.07, 6.45) is -1.45. The number of rotatable bonds is 10. The van der Waals surface area contributed by atoms with Crippen LogP contribution in [0.15, 0.2) is 79.1 Å². The van der Waals surface area contributed by atoms with Gasteiger partial charge in [0.1, 0.15) is 23.2 Å². The second-order valence-electron chi connectivity index (χ2n) is 14.4. The van der Waals surface area contributed by atoms with E-state index in [0.717, 1.165) is 54.7 Å². The van der Waals surface area contributed by atoms with E-state index in [0.29, 0.717) is 56.3 Å².